The van der Waals surface area contributed by atoms with Crippen molar-refractivity contribution in [1.29, 1.82) is 0 Å². The summed E-state index contributed by atoms with van der Waals surface area (Å²) >= 11 is 1.49. The first-order chi connectivity index (χ1) is 11.2. The minimum atomic E-state index is -0.114. The summed E-state index contributed by atoms with van der Waals surface area (Å²) in [6, 6.07) is 7.93. The lowest BCUT2D eigenvalue weighted by molar-refractivity contribution is 0.0927. The van der Waals surface area contributed by atoms with Gasteiger partial charge in [0.2, 0.25) is 0 Å². The van der Waals surface area contributed by atoms with E-state index in [1.165, 1.54) is 11.3 Å². The molecule has 1 amide bonds. The number of thiazole rings is 1. The number of hydrogen-bond acceptors (Lipinski definition) is 5. The summed E-state index contributed by atoms with van der Waals surface area (Å²) in [6.07, 6.45) is 3.00. The summed E-state index contributed by atoms with van der Waals surface area (Å²) < 4.78 is 5.19. The molecule has 1 unspecified atom stereocenters. The van der Waals surface area contributed by atoms with Crippen LogP contribution in [0.25, 0.3) is 0 Å². The molecule has 3 N–H and O–H groups in total. The van der Waals surface area contributed by atoms with Crippen LogP contribution in [0.5, 0.6) is 5.75 Å². The lowest BCUT2D eigenvalue weighted by atomic mass is 10.0. The van der Waals surface area contributed by atoms with E-state index < -0.39 is 0 Å². The molecule has 1 heterocycles. The van der Waals surface area contributed by atoms with E-state index in [1.54, 1.807) is 12.5 Å². The smallest absolute Gasteiger partial charge is 0.271 e. The van der Waals surface area contributed by atoms with Crippen LogP contribution in [0, 0.1) is 5.92 Å². The van der Waals surface area contributed by atoms with E-state index in [4.69, 9.17) is 10.5 Å². The van der Waals surface area contributed by atoms with Gasteiger partial charge in [0.25, 0.3) is 5.91 Å². The van der Waals surface area contributed by atoms with Gasteiger partial charge in [0, 0.05) is 11.8 Å². The van der Waals surface area contributed by atoms with Crippen molar-refractivity contribution in [2.45, 2.75) is 25.3 Å². The Labute approximate surface area is 139 Å². The maximum atomic E-state index is 12.5. The van der Waals surface area contributed by atoms with Crippen molar-refractivity contribution in [1.82, 2.24) is 10.3 Å². The Balaban J connectivity index is 1.72. The normalized spacial score (nSPS) is 15.2. The Kier molecular flexibility index (Phi) is 4.93. The van der Waals surface area contributed by atoms with E-state index in [-0.39, 0.29) is 11.9 Å². The molecule has 0 aliphatic heterocycles. The highest BCUT2D eigenvalue weighted by Gasteiger charge is 2.33. The van der Waals surface area contributed by atoms with Crippen molar-refractivity contribution in [2.75, 3.05) is 13.7 Å². The fourth-order valence-corrected chi connectivity index (χ4v) is 3.38. The molecular weight excluding hydrogens is 310 g/mol. The number of nitrogens with two attached hydrogens (primary N) is 1. The number of nitrogens with zero attached hydrogens (tertiary/aromatic N) is 1. The quantitative estimate of drug-likeness (QED) is 0.817. The highest BCUT2D eigenvalue weighted by molar-refractivity contribution is 7.09. The molecular formula is C17H21N3O2S. The fraction of sp³-hybridized carbons (Fsp3) is 0.412. The molecule has 1 aliphatic carbocycles. The summed E-state index contributed by atoms with van der Waals surface area (Å²) in [5.74, 6) is 1.22. The third-order valence-electron chi connectivity index (χ3n) is 4.00. The number of carbonyl (C=O) groups is 1. The van der Waals surface area contributed by atoms with Gasteiger partial charge in [-0.25, -0.2) is 4.98 Å². The molecule has 2 aromatic rings. The average Bonchev–Trinajstić information content (AvgIpc) is 3.31. The Morgan fingerprint density at radius 3 is 2.78 bits per heavy atom. The lowest BCUT2D eigenvalue weighted by Gasteiger charge is -2.18. The van der Waals surface area contributed by atoms with Gasteiger partial charge in [-0.1, -0.05) is 12.1 Å². The molecule has 1 aromatic carbocycles. The van der Waals surface area contributed by atoms with E-state index in [9.17, 15) is 4.79 Å². The maximum Gasteiger partial charge on any atom is 0.271 e. The van der Waals surface area contributed by atoms with Crippen LogP contribution >= 0.6 is 11.3 Å². The molecule has 0 radical (unpaired) electrons. The third-order valence-corrected chi connectivity index (χ3v) is 4.91. The Bertz CT molecular complexity index is 665. The van der Waals surface area contributed by atoms with Crippen LogP contribution in [-0.2, 0) is 6.42 Å². The van der Waals surface area contributed by atoms with Crippen LogP contribution in [0.1, 0.15) is 39.9 Å². The van der Waals surface area contributed by atoms with Gasteiger partial charge in [0.1, 0.15) is 11.4 Å². The topological polar surface area (TPSA) is 77.2 Å². The van der Waals surface area contributed by atoms with Crippen LogP contribution in [0.3, 0.4) is 0 Å². The SMILES string of the molecule is COc1ccc(C(NC(=O)c2csc(CCN)n2)C2CC2)cc1. The molecule has 122 valence electrons. The molecule has 1 fully saturated rings. The second-order valence-corrected chi connectivity index (χ2v) is 6.67. The number of amides is 1. The Hall–Kier alpha value is -1.92. The van der Waals surface area contributed by atoms with Gasteiger partial charge in [0.15, 0.2) is 0 Å². The second-order valence-electron chi connectivity index (χ2n) is 5.73. The first kappa shape index (κ1) is 16.0. The number of benzene rings is 1. The zero-order chi connectivity index (χ0) is 16.2. The molecule has 1 aliphatic rings. The first-order valence-electron chi connectivity index (χ1n) is 7.80. The van der Waals surface area contributed by atoms with E-state index in [2.05, 4.69) is 10.3 Å². The molecule has 23 heavy (non-hydrogen) atoms. The van der Waals surface area contributed by atoms with Gasteiger partial charge in [0.05, 0.1) is 18.2 Å². The Morgan fingerprint density at radius 2 is 2.17 bits per heavy atom. The minimum Gasteiger partial charge on any atom is -0.497 e. The van der Waals surface area contributed by atoms with Crippen molar-refractivity contribution in [3.63, 3.8) is 0 Å². The minimum absolute atomic E-state index is 0.0352. The predicted molar refractivity (Wildman–Crippen MR) is 90.8 cm³/mol. The fourth-order valence-electron chi connectivity index (χ4n) is 2.58. The van der Waals surface area contributed by atoms with Crippen LogP contribution in [0.15, 0.2) is 29.6 Å². The van der Waals surface area contributed by atoms with Gasteiger partial charge in [-0.15, -0.1) is 11.3 Å². The zero-order valence-electron chi connectivity index (χ0n) is 13.1. The molecule has 0 spiro atoms. The van der Waals surface area contributed by atoms with E-state index in [0.717, 1.165) is 29.2 Å². The van der Waals surface area contributed by atoms with Gasteiger partial charge < -0.3 is 15.8 Å². The number of hydrogen-bond donors (Lipinski definition) is 2. The number of rotatable bonds is 7. The molecule has 6 heteroatoms. The summed E-state index contributed by atoms with van der Waals surface area (Å²) in [4.78, 5) is 16.8. The molecule has 0 saturated heterocycles. The molecule has 1 saturated carbocycles. The third kappa shape index (κ3) is 3.89. The number of ether oxygens (including phenoxy) is 1. The molecule has 0 bridgehead atoms. The Morgan fingerprint density at radius 1 is 1.43 bits per heavy atom. The van der Waals surface area contributed by atoms with Crippen molar-refractivity contribution < 1.29 is 9.53 Å². The zero-order valence-corrected chi connectivity index (χ0v) is 13.9. The van der Waals surface area contributed by atoms with Crippen molar-refractivity contribution in [3.05, 3.63) is 45.9 Å². The van der Waals surface area contributed by atoms with Crippen LogP contribution in [-0.4, -0.2) is 24.5 Å². The van der Waals surface area contributed by atoms with Crippen molar-refractivity contribution >= 4 is 17.2 Å². The molecule has 3 rings (SSSR count). The van der Waals surface area contributed by atoms with Gasteiger partial charge in [-0.2, -0.15) is 0 Å². The van der Waals surface area contributed by atoms with Gasteiger partial charge in [-0.05, 0) is 43.0 Å². The summed E-state index contributed by atoms with van der Waals surface area (Å²) in [6.45, 7) is 0.547. The highest BCUT2D eigenvalue weighted by atomic mass is 32.1. The maximum absolute atomic E-state index is 12.5. The van der Waals surface area contributed by atoms with Crippen molar-refractivity contribution in [3.8, 4) is 5.75 Å². The molecule has 1 aromatic heterocycles. The standard InChI is InChI=1S/C17H21N3O2S/c1-22-13-6-4-12(5-7-13)16(11-2-3-11)20-17(21)14-10-23-15(19-14)8-9-18/h4-7,10-11,16H,2-3,8-9,18H2,1H3,(H,20,21). The largest absolute Gasteiger partial charge is 0.497 e. The van der Waals surface area contributed by atoms with Crippen LogP contribution in [0.4, 0.5) is 0 Å². The average molecular weight is 331 g/mol. The monoisotopic (exact) mass is 331 g/mol. The predicted octanol–water partition coefficient (Wildman–Crippen LogP) is 2.53. The van der Waals surface area contributed by atoms with E-state index in [0.29, 0.717) is 24.6 Å². The number of nitrogens with one attached hydrogen (secondary N) is 1. The van der Waals surface area contributed by atoms with E-state index >= 15 is 0 Å². The molecule has 1 atom stereocenters. The second kappa shape index (κ2) is 7.10. The van der Waals surface area contributed by atoms with Crippen LogP contribution in [0.2, 0.25) is 0 Å². The summed E-state index contributed by atoms with van der Waals surface area (Å²) in [5.41, 5.74) is 7.12. The summed E-state index contributed by atoms with van der Waals surface area (Å²) in [5, 5.41) is 5.85. The lowest BCUT2D eigenvalue weighted by Crippen LogP contribution is -2.30. The van der Waals surface area contributed by atoms with Gasteiger partial charge >= 0.3 is 0 Å². The van der Waals surface area contributed by atoms with Crippen molar-refractivity contribution in [2.24, 2.45) is 11.7 Å². The number of aromatic nitrogens is 1. The van der Waals surface area contributed by atoms with Gasteiger partial charge in [-0.3, -0.25) is 4.79 Å². The van der Waals surface area contributed by atoms with E-state index in [1.807, 2.05) is 24.3 Å². The number of carbonyl (C=O) groups excluding carboxylic acids is 1. The van der Waals surface area contributed by atoms with Crippen LogP contribution < -0.4 is 15.8 Å². The number of methoxy groups -OCH3 is 1. The molecule has 5 nitrogen and oxygen atoms in total. The highest BCUT2D eigenvalue weighted by Crippen LogP contribution is 2.41. The first-order valence-corrected chi connectivity index (χ1v) is 8.68. The summed E-state index contributed by atoms with van der Waals surface area (Å²) in [7, 11) is 1.65.